The molecule has 0 amide bonds. The monoisotopic (exact) mass is 484 g/mol. The van der Waals surface area contributed by atoms with Gasteiger partial charge in [-0.1, -0.05) is 11.6 Å². The summed E-state index contributed by atoms with van der Waals surface area (Å²) in [5.41, 5.74) is 3.44. The van der Waals surface area contributed by atoms with Crippen molar-refractivity contribution in [2.24, 2.45) is 5.92 Å². The van der Waals surface area contributed by atoms with E-state index in [1.807, 2.05) is 29.3 Å². The van der Waals surface area contributed by atoms with Crippen LogP contribution in [0.25, 0.3) is 17.2 Å². The van der Waals surface area contributed by atoms with Gasteiger partial charge >= 0.3 is 0 Å². The quantitative estimate of drug-likeness (QED) is 0.407. The summed E-state index contributed by atoms with van der Waals surface area (Å²) in [5, 5.41) is 16.7. The zero-order valence-electron chi connectivity index (χ0n) is 20.6. The first-order valence-electron chi connectivity index (χ1n) is 12.9. The SMILES string of the molecule is CC(c1ccc(N2CCC[C@@H](NCC3CCC3)C2)cn1)n1cc(-c2cncc(-n3cccn3)n2)nn1. The molecular weight excluding hydrogens is 452 g/mol. The number of pyridine rings is 1. The van der Waals surface area contributed by atoms with Crippen molar-refractivity contribution in [3.05, 3.63) is 61.1 Å². The van der Waals surface area contributed by atoms with E-state index in [1.54, 1.807) is 23.3 Å². The van der Waals surface area contributed by atoms with Crippen LogP contribution in [-0.2, 0) is 0 Å². The minimum atomic E-state index is -0.0548. The number of hydrogen-bond donors (Lipinski definition) is 1. The highest BCUT2D eigenvalue weighted by Crippen LogP contribution is 2.27. The van der Waals surface area contributed by atoms with Gasteiger partial charge in [0, 0.05) is 31.5 Å². The second-order valence-electron chi connectivity index (χ2n) is 9.90. The third kappa shape index (κ3) is 4.86. The number of piperidine rings is 1. The van der Waals surface area contributed by atoms with Crippen LogP contribution in [0.15, 0.2) is 55.4 Å². The van der Waals surface area contributed by atoms with Gasteiger partial charge in [0.25, 0.3) is 0 Å². The Labute approximate surface area is 210 Å². The van der Waals surface area contributed by atoms with Gasteiger partial charge in [0.1, 0.15) is 11.4 Å². The lowest BCUT2D eigenvalue weighted by atomic mass is 9.85. The standard InChI is InChI=1S/C26H32N10/c1-19(36-18-25(32-33-36)24-15-27-16-26(31-24)35-12-4-10-30-35)23-9-8-22(14-29-23)34-11-3-7-21(17-34)28-13-20-5-2-6-20/h4,8-10,12,14-16,18-21,28H,2-3,5-7,11,13,17H2,1H3/t19?,21-/m1/s1. The highest BCUT2D eigenvalue weighted by molar-refractivity contribution is 5.52. The first-order valence-corrected chi connectivity index (χ1v) is 12.9. The van der Waals surface area contributed by atoms with E-state index >= 15 is 0 Å². The molecule has 1 N–H and O–H groups in total. The van der Waals surface area contributed by atoms with Gasteiger partial charge in [0.15, 0.2) is 5.82 Å². The van der Waals surface area contributed by atoms with E-state index in [4.69, 9.17) is 4.98 Å². The molecule has 1 unspecified atom stereocenters. The molecule has 2 atom stereocenters. The van der Waals surface area contributed by atoms with Crippen LogP contribution in [0.5, 0.6) is 0 Å². The Morgan fingerprint density at radius 2 is 2.03 bits per heavy atom. The summed E-state index contributed by atoms with van der Waals surface area (Å²) in [7, 11) is 0. The van der Waals surface area contributed by atoms with Crippen LogP contribution in [0.3, 0.4) is 0 Å². The van der Waals surface area contributed by atoms with Crippen molar-refractivity contribution in [3.8, 4) is 17.2 Å². The van der Waals surface area contributed by atoms with Crippen molar-refractivity contribution in [2.75, 3.05) is 24.5 Å². The topological polar surface area (TPSA) is 102 Å². The van der Waals surface area contributed by atoms with E-state index in [0.29, 0.717) is 23.2 Å². The first-order chi connectivity index (χ1) is 17.7. The summed E-state index contributed by atoms with van der Waals surface area (Å²) in [6.45, 7) is 5.39. The number of nitrogens with zero attached hydrogens (tertiary/aromatic N) is 9. The summed E-state index contributed by atoms with van der Waals surface area (Å²) in [5.74, 6) is 1.53. The van der Waals surface area contributed by atoms with Crippen molar-refractivity contribution >= 4 is 5.69 Å². The van der Waals surface area contributed by atoms with E-state index < -0.39 is 0 Å². The highest BCUT2D eigenvalue weighted by Gasteiger charge is 2.23. The maximum Gasteiger partial charge on any atom is 0.172 e. The lowest BCUT2D eigenvalue weighted by Gasteiger charge is -2.36. The van der Waals surface area contributed by atoms with Gasteiger partial charge in [-0.05, 0) is 63.3 Å². The molecule has 10 heteroatoms. The molecule has 1 aliphatic heterocycles. The molecule has 10 nitrogen and oxygen atoms in total. The van der Waals surface area contributed by atoms with Crippen LogP contribution in [0.1, 0.15) is 50.8 Å². The Kier molecular flexibility index (Phi) is 6.42. The van der Waals surface area contributed by atoms with Crippen LogP contribution >= 0.6 is 0 Å². The van der Waals surface area contributed by atoms with Crippen LogP contribution in [-0.4, -0.2) is 65.4 Å². The molecule has 0 bridgehead atoms. The van der Waals surface area contributed by atoms with E-state index in [0.717, 1.165) is 24.7 Å². The van der Waals surface area contributed by atoms with Crippen molar-refractivity contribution in [1.29, 1.82) is 0 Å². The average Bonchev–Trinajstić information content (AvgIpc) is 3.61. The normalized spacial score (nSPS) is 19.2. The fourth-order valence-corrected chi connectivity index (χ4v) is 4.95. The predicted molar refractivity (Wildman–Crippen MR) is 137 cm³/mol. The fraction of sp³-hybridized carbons (Fsp3) is 0.462. The average molecular weight is 485 g/mol. The summed E-state index contributed by atoms with van der Waals surface area (Å²) in [4.78, 5) is 16.2. The Hall–Kier alpha value is -3.66. The van der Waals surface area contributed by atoms with Gasteiger partial charge in [0.2, 0.25) is 0 Å². The maximum atomic E-state index is 4.79. The Balaban J connectivity index is 1.11. The van der Waals surface area contributed by atoms with Gasteiger partial charge in [-0.15, -0.1) is 5.10 Å². The summed E-state index contributed by atoms with van der Waals surface area (Å²) in [6, 6.07) is 6.65. The lowest BCUT2D eigenvalue weighted by Crippen LogP contribution is -2.47. The van der Waals surface area contributed by atoms with Crippen molar-refractivity contribution in [1.82, 2.24) is 45.0 Å². The molecule has 6 rings (SSSR count). The molecule has 4 aromatic heterocycles. The van der Waals surface area contributed by atoms with Crippen molar-refractivity contribution in [3.63, 3.8) is 0 Å². The number of anilines is 1. The van der Waals surface area contributed by atoms with Gasteiger partial charge in [-0.25, -0.2) is 14.3 Å². The Morgan fingerprint density at radius 3 is 2.81 bits per heavy atom. The van der Waals surface area contributed by atoms with Crippen molar-refractivity contribution in [2.45, 2.75) is 51.1 Å². The zero-order valence-corrected chi connectivity index (χ0v) is 20.6. The van der Waals surface area contributed by atoms with Crippen LogP contribution in [0, 0.1) is 5.92 Å². The summed E-state index contributed by atoms with van der Waals surface area (Å²) >= 11 is 0. The predicted octanol–water partition coefficient (Wildman–Crippen LogP) is 3.28. The zero-order chi connectivity index (χ0) is 24.3. The molecule has 0 aromatic carbocycles. The molecule has 1 saturated heterocycles. The lowest BCUT2D eigenvalue weighted by molar-refractivity contribution is 0.280. The second kappa shape index (κ2) is 10.1. The molecule has 5 heterocycles. The molecule has 0 spiro atoms. The largest absolute Gasteiger partial charge is 0.369 e. The van der Waals surface area contributed by atoms with Crippen molar-refractivity contribution < 1.29 is 0 Å². The molecule has 2 aliphatic rings. The van der Waals surface area contributed by atoms with Gasteiger partial charge in [0.05, 0.1) is 42.2 Å². The molecule has 2 fully saturated rings. The molecular formula is C26H32N10. The van der Waals surface area contributed by atoms with E-state index in [1.165, 1.54) is 44.3 Å². The molecule has 36 heavy (non-hydrogen) atoms. The molecule has 1 aliphatic carbocycles. The maximum absolute atomic E-state index is 4.79. The Morgan fingerprint density at radius 1 is 1.08 bits per heavy atom. The van der Waals surface area contributed by atoms with Crippen LogP contribution < -0.4 is 10.2 Å². The number of aromatic nitrogens is 8. The summed E-state index contributed by atoms with van der Waals surface area (Å²) < 4.78 is 3.49. The molecule has 0 radical (unpaired) electrons. The molecule has 4 aromatic rings. The van der Waals surface area contributed by atoms with Gasteiger partial charge < -0.3 is 10.2 Å². The smallest absolute Gasteiger partial charge is 0.172 e. The summed E-state index contributed by atoms with van der Waals surface area (Å²) in [6.07, 6.45) is 17.5. The fourth-order valence-electron chi connectivity index (χ4n) is 4.95. The Bertz CT molecular complexity index is 1260. The number of rotatable bonds is 8. The van der Waals surface area contributed by atoms with Gasteiger partial charge in [-0.3, -0.25) is 9.97 Å². The molecule has 1 saturated carbocycles. The number of hydrogen-bond acceptors (Lipinski definition) is 8. The van der Waals surface area contributed by atoms with Crippen LogP contribution in [0.2, 0.25) is 0 Å². The minimum Gasteiger partial charge on any atom is -0.369 e. The first kappa shape index (κ1) is 22.8. The molecule has 186 valence electrons. The second-order valence-corrected chi connectivity index (χ2v) is 9.90. The minimum absolute atomic E-state index is 0.0548. The van der Waals surface area contributed by atoms with Gasteiger partial charge in [-0.2, -0.15) is 5.10 Å². The third-order valence-electron chi connectivity index (χ3n) is 7.44. The highest BCUT2D eigenvalue weighted by atomic mass is 15.4. The van der Waals surface area contributed by atoms with E-state index in [2.05, 4.69) is 54.7 Å². The van der Waals surface area contributed by atoms with Crippen LogP contribution in [0.4, 0.5) is 5.69 Å². The third-order valence-corrected chi connectivity index (χ3v) is 7.44. The van der Waals surface area contributed by atoms with E-state index in [-0.39, 0.29) is 6.04 Å². The number of nitrogens with one attached hydrogen (secondary N) is 1. The van der Waals surface area contributed by atoms with E-state index in [9.17, 15) is 0 Å².